The smallest absolute Gasteiger partial charge is 0.270 e. The molecule has 0 spiro atoms. The summed E-state index contributed by atoms with van der Waals surface area (Å²) in [6.07, 6.45) is 3.62. The monoisotopic (exact) mass is 454 g/mol. The van der Waals surface area contributed by atoms with Crippen molar-refractivity contribution in [2.24, 2.45) is 16.0 Å². The lowest BCUT2D eigenvalue weighted by atomic mass is 9.95. The maximum absolute atomic E-state index is 13.1. The van der Waals surface area contributed by atoms with Crippen molar-refractivity contribution in [1.29, 1.82) is 0 Å². The van der Waals surface area contributed by atoms with Crippen molar-refractivity contribution < 1.29 is 8.42 Å². The molecule has 2 atom stereocenters. The maximum Gasteiger partial charge on any atom is 0.270 e. The Balaban J connectivity index is 1.89. The molecule has 0 saturated carbocycles. The zero-order valence-corrected chi connectivity index (χ0v) is 16.1. The number of aromatic nitrogens is 1. The lowest BCUT2D eigenvalue weighted by molar-refractivity contribution is 0.273. The molecule has 0 fully saturated rings. The topological polar surface area (TPSA) is 67.0 Å². The molecule has 0 radical (unpaired) electrons. The first-order valence-corrected chi connectivity index (χ1v) is 9.96. The molecule has 1 aromatic carbocycles. The van der Waals surface area contributed by atoms with Crippen molar-refractivity contribution >= 4 is 50.9 Å². The zero-order chi connectivity index (χ0) is 17.1. The summed E-state index contributed by atoms with van der Waals surface area (Å²) in [4.78, 5) is 4.70. The molecule has 4 rings (SSSR count). The van der Waals surface area contributed by atoms with Gasteiger partial charge in [0.15, 0.2) is 5.82 Å². The van der Waals surface area contributed by atoms with Crippen molar-refractivity contribution in [3.8, 4) is 0 Å². The molecule has 3 heterocycles. The van der Waals surface area contributed by atoms with Gasteiger partial charge in [0, 0.05) is 25.0 Å². The second-order valence-electron chi connectivity index (χ2n) is 5.97. The van der Waals surface area contributed by atoms with Gasteiger partial charge >= 0.3 is 0 Å². The average molecular weight is 454 g/mol. The van der Waals surface area contributed by atoms with Crippen LogP contribution in [0.5, 0.6) is 0 Å². The van der Waals surface area contributed by atoms with Crippen molar-refractivity contribution in [1.82, 2.24) is 8.98 Å². The number of benzene rings is 1. The molecule has 2 aliphatic heterocycles. The number of halogens is 1. The third-order valence-corrected chi connectivity index (χ3v) is 7.19. The molecule has 0 amide bonds. The number of hydrazone groups is 1. The molecular weight excluding hydrogens is 439 g/mol. The number of rotatable bonds is 2. The van der Waals surface area contributed by atoms with Gasteiger partial charge in [-0.05, 0) is 47.7 Å². The molecule has 124 valence electrons. The fraction of sp³-hybridized carbons (Fsp3) is 0.250. The molecule has 0 aliphatic carbocycles. The minimum absolute atomic E-state index is 0.000448. The fourth-order valence-corrected chi connectivity index (χ4v) is 5.82. The summed E-state index contributed by atoms with van der Waals surface area (Å²) in [5.74, 6) is 0.551. The SMILES string of the molecule is Cc1ccc(S(=O)(=O)n2c(I)cc3c2N=CC2C=NN(C)C32)cc1. The summed E-state index contributed by atoms with van der Waals surface area (Å²) in [7, 11) is -1.80. The lowest BCUT2D eigenvalue weighted by Gasteiger charge is -2.25. The van der Waals surface area contributed by atoms with Crippen LogP contribution in [0.4, 0.5) is 5.82 Å². The van der Waals surface area contributed by atoms with Crippen LogP contribution in [0.3, 0.4) is 0 Å². The van der Waals surface area contributed by atoms with Crippen LogP contribution in [-0.2, 0) is 10.0 Å². The van der Waals surface area contributed by atoms with E-state index in [1.165, 1.54) is 3.97 Å². The van der Waals surface area contributed by atoms with Crippen molar-refractivity contribution in [2.45, 2.75) is 17.9 Å². The number of aryl methyl sites for hydroxylation is 1. The summed E-state index contributed by atoms with van der Waals surface area (Å²) in [5.41, 5.74) is 1.91. The van der Waals surface area contributed by atoms with Gasteiger partial charge in [-0.15, -0.1) is 0 Å². The van der Waals surface area contributed by atoms with Gasteiger partial charge in [-0.25, -0.2) is 17.4 Å². The van der Waals surface area contributed by atoms with Crippen LogP contribution < -0.4 is 0 Å². The third kappa shape index (κ3) is 2.23. The predicted octanol–water partition coefficient (Wildman–Crippen LogP) is 2.94. The largest absolute Gasteiger partial charge is 0.292 e. The summed E-state index contributed by atoms with van der Waals surface area (Å²) >= 11 is 2.05. The molecule has 0 saturated heterocycles. The van der Waals surface area contributed by atoms with Crippen molar-refractivity contribution in [3.63, 3.8) is 0 Å². The fourth-order valence-electron chi connectivity index (χ4n) is 3.13. The number of fused-ring (bicyclic) bond motifs is 3. The van der Waals surface area contributed by atoms with E-state index in [1.54, 1.807) is 30.5 Å². The van der Waals surface area contributed by atoms with Gasteiger partial charge in [0.1, 0.15) is 0 Å². The molecule has 8 heteroatoms. The maximum atomic E-state index is 13.1. The van der Waals surface area contributed by atoms with Crippen LogP contribution in [-0.4, -0.2) is 36.9 Å². The first-order valence-electron chi connectivity index (χ1n) is 7.44. The van der Waals surface area contributed by atoms with Gasteiger partial charge in [0.05, 0.1) is 20.6 Å². The highest BCUT2D eigenvalue weighted by Gasteiger charge is 2.38. The highest BCUT2D eigenvalue weighted by Crippen LogP contribution is 2.43. The van der Waals surface area contributed by atoms with E-state index in [0.717, 1.165) is 11.1 Å². The lowest BCUT2D eigenvalue weighted by Crippen LogP contribution is -2.24. The first kappa shape index (κ1) is 15.8. The van der Waals surface area contributed by atoms with E-state index in [9.17, 15) is 8.42 Å². The molecule has 2 aromatic rings. The van der Waals surface area contributed by atoms with Crippen LogP contribution in [0.1, 0.15) is 17.2 Å². The Morgan fingerprint density at radius 2 is 1.88 bits per heavy atom. The highest BCUT2D eigenvalue weighted by molar-refractivity contribution is 14.1. The molecule has 6 nitrogen and oxygen atoms in total. The van der Waals surface area contributed by atoms with E-state index in [-0.39, 0.29) is 16.9 Å². The summed E-state index contributed by atoms with van der Waals surface area (Å²) in [5, 5.41) is 6.16. The molecule has 0 N–H and O–H groups in total. The summed E-state index contributed by atoms with van der Waals surface area (Å²) in [6.45, 7) is 1.93. The molecule has 24 heavy (non-hydrogen) atoms. The highest BCUT2D eigenvalue weighted by atomic mass is 127. The molecule has 2 unspecified atom stereocenters. The Morgan fingerprint density at radius 3 is 2.58 bits per heavy atom. The number of hydrogen-bond acceptors (Lipinski definition) is 5. The van der Waals surface area contributed by atoms with E-state index < -0.39 is 10.0 Å². The average Bonchev–Trinajstić information content (AvgIpc) is 3.07. The Kier molecular flexibility index (Phi) is 3.57. The minimum atomic E-state index is -3.69. The zero-order valence-electron chi connectivity index (χ0n) is 13.1. The van der Waals surface area contributed by atoms with E-state index >= 15 is 0 Å². The van der Waals surface area contributed by atoms with Gasteiger partial charge in [-0.2, -0.15) is 5.10 Å². The Hall–Kier alpha value is -1.68. The standard InChI is InChI=1S/C16H15IN4O2S/c1-10-3-5-12(6-4-10)24(22,23)21-14(17)7-13-15-11(8-18-16(13)21)9-19-20(15)2/h3-9,11,15H,1-2H3. The van der Waals surface area contributed by atoms with Crippen LogP contribution in [0, 0.1) is 16.5 Å². The van der Waals surface area contributed by atoms with Crippen LogP contribution in [0.25, 0.3) is 0 Å². The van der Waals surface area contributed by atoms with Crippen LogP contribution in [0.15, 0.2) is 45.3 Å². The Bertz CT molecular complexity index is 976. The number of hydrogen-bond donors (Lipinski definition) is 0. The molecule has 1 aromatic heterocycles. The van der Waals surface area contributed by atoms with E-state index in [2.05, 4.69) is 32.7 Å². The van der Waals surface area contributed by atoms with Gasteiger partial charge < -0.3 is 0 Å². The van der Waals surface area contributed by atoms with Crippen molar-refractivity contribution in [3.05, 3.63) is 45.2 Å². The Morgan fingerprint density at radius 1 is 1.17 bits per heavy atom. The molecule has 2 aliphatic rings. The normalized spacial score (nSPS) is 21.9. The third-order valence-electron chi connectivity index (χ3n) is 4.35. The van der Waals surface area contributed by atoms with Gasteiger partial charge in [-0.1, -0.05) is 17.7 Å². The Labute approximate surface area is 154 Å². The van der Waals surface area contributed by atoms with Crippen LogP contribution in [0.2, 0.25) is 0 Å². The second kappa shape index (κ2) is 5.41. The van der Waals surface area contributed by atoms with Crippen LogP contribution >= 0.6 is 22.6 Å². The van der Waals surface area contributed by atoms with Gasteiger partial charge in [0.2, 0.25) is 0 Å². The molecular formula is C16H15IN4O2S. The quantitative estimate of drug-likeness (QED) is 0.656. The van der Waals surface area contributed by atoms with E-state index in [4.69, 9.17) is 0 Å². The molecule has 0 bridgehead atoms. The van der Waals surface area contributed by atoms with E-state index in [1.807, 2.05) is 31.3 Å². The second-order valence-corrected chi connectivity index (χ2v) is 8.86. The van der Waals surface area contributed by atoms with E-state index in [0.29, 0.717) is 9.52 Å². The van der Waals surface area contributed by atoms with Gasteiger partial charge in [0.25, 0.3) is 10.0 Å². The minimum Gasteiger partial charge on any atom is -0.292 e. The predicted molar refractivity (Wildman–Crippen MR) is 102 cm³/mol. The first-order chi connectivity index (χ1) is 11.4. The van der Waals surface area contributed by atoms with Gasteiger partial charge in [-0.3, -0.25) is 5.01 Å². The number of nitrogens with zero attached hydrogens (tertiary/aromatic N) is 4. The summed E-state index contributed by atoms with van der Waals surface area (Å²) < 4.78 is 28.2. The summed E-state index contributed by atoms with van der Waals surface area (Å²) in [6, 6.07) is 8.75. The van der Waals surface area contributed by atoms with Crippen molar-refractivity contribution in [2.75, 3.05) is 7.05 Å². The number of aliphatic imine (C=N–C) groups is 1.